The van der Waals surface area contributed by atoms with Gasteiger partial charge in [0.2, 0.25) is 9.84 Å². The molecule has 3 heteroatoms. The van der Waals surface area contributed by atoms with Gasteiger partial charge >= 0.3 is 0 Å². The van der Waals surface area contributed by atoms with Crippen LogP contribution in [0.3, 0.4) is 0 Å². The highest BCUT2D eigenvalue weighted by atomic mass is 32.2. The normalized spacial score (nSPS) is 12.1. The van der Waals surface area contributed by atoms with Crippen LogP contribution >= 0.6 is 0 Å². The first-order chi connectivity index (χ1) is 6.77. The second kappa shape index (κ2) is 3.71. The van der Waals surface area contributed by atoms with Gasteiger partial charge in [0.05, 0.1) is 4.90 Å². The fourth-order valence-corrected chi connectivity index (χ4v) is 1.83. The van der Waals surface area contributed by atoms with E-state index in [4.69, 9.17) is 6.42 Å². The van der Waals surface area contributed by atoms with E-state index >= 15 is 0 Å². The predicted molar refractivity (Wildman–Crippen MR) is 61.2 cm³/mol. The average molecular weight is 222 g/mol. The van der Waals surface area contributed by atoms with Crippen LogP contribution in [0.25, 0.3) is 0 Å². The largest absolute Gasteiger partial charge is 0.244 e. The fourth-order valence-electron chi connectivity index (χ4n) is 1.20. The van der Waals surface area contributed by atoms with Crippen molar-refractivity contribution in [2.45, 2.75) is 31.1 Å². The molecule has 0 N–H and O–H groups in total. The summed E-state index contributed by atoms with van der Waals surface area (Å²) in [5.41, 5.74) is 1.09. The molecule has 0 saturated carbocycles. The number of hydrogen-bond acceptors (Lipinski definition) is 2. The van der Waals surface area contributed by atoms with Crippen molar-refractivity contribution < 1.29 is 8.42 Å². The maximum absolute atomic E-state index is 11.3. The van der Waals surface area contributed by atoms with Crippen LogP contribution < -0.4 is 0 Å². The van der Waals surface area contributed by atoms with E-state index in [2.05, 4.69) is 20.8 Å². The Hall–Kier alpha value is -1.27. The molecule has 0 unspecified atom stereocenters. The van der Waals surface area contributed by atoms with Crippen molar-refractivity contribution in [2.75, 3.05) is 0 Å². The minimum Gasteiger partial charge on any atom is -0.210 e. The molecule has 0 fully saturated rings. The molecule has 0 spiro atoms. The second-order valence-corrected chi connectivity index (χ2v) is 6.11. The number of terminal acetylenes is 1. The van der Waals surface area contributed by atoms with E-state index in [9.17, 15) is 8.42 Å². The predicted octanol–water partition coefficient (Wildman–Crippen LogP) is 2.35. The van der Waals surface area contributed by atoms with Crippen molar-refractivity contribution in [1.29, 1.82) is 0 Å². The third kappa shape index (κ3) is 2.60. The maximum Gasteiger partial charge on any atom is 0.244 e. The topological polar surface area (TPSA) is 34.1 Å². The summed E-state index contributed by atoms with van der Waals surface area (Å²) in [6.07, 6.45) is 4.92. The first kappa shape index (κ1) is 11.8. The zero-order valence-electron chi connectivity index (χ0n) is 9.11. The Labute approximate surface area is 91.2 Å². The van der Waals surface area contributed by atoms with E-state index < -0.39 is 9.84 Å². The molecule has 1 rings (SSSR count). The minimum atomic E-state index is -3.53. The molecule has 1 aromatic carbocycles. The van der Waals surface area contributed by atoms with Gasteiger partial charge in [0.25, 0.3) is 0 Å². The van der Waals surface area contributed by atoms with E-state index in [1.807, 2.05) is 0 Å². The van der Waals surface area contributed by atoms with Gasteiger partial charge < -0.3 is 0 Å². The Kier molecular flexibility index (Phi) is 2.92. The molecule has 2 nitrogen and oxygen atoms in total. The van der Waals surface area contributed by atoms with Crippen LogP contribution in [0.2, 0.25) is 0 Å². The van der Waals surface area contributed by atoms with Crippen LogP contribution in [0.4, 0.5) is 0 Å². The molecule has 0 aliphatic carbocycles. The molecule has 0 radical (unpaired) electrons. The smallest absolute Gasteiger partial charge is 0.210 e. The Morgan fingerprint density at radius 1 is 1.13 bits per heavy atom. The van der Waals surface area contributed by atoms with Gasteiger partial charge in [-0.05, 0) is 23.1 Å². The van der Waals surface area contributed by atoms with Crippen LogP contribution in [0.5, 0.6) is 0 Å². The first-order valence-corrected chi connectivity index (χ1v) is 6.08. The molecule has 0 heterocycles. The molecule has 0 bridgehead atoms. The van der Waals surface area contributed by atoms with Crippen LogP contribution in [0.1, 0.15) is 26.3 Å². The van der Waals surface area contributed by atoms with Crippen LogP contribution in [-0.4, -0.2) is 8.42 Å². The monoisotopic (exact) mass is 222 g/mol. The average Bonchev–Trinajstić information content (AvgIpc) is 2.17. The highest BCUT2D eigenvalue weighted by molar-refractivity contribution is 7.96. The van der Waals surface area contributed by atoms with Gasteiger partial charge in [0.15, 0.2) is 0 Å². The van der Waals surface area contributed by atoms with Gasteiger partial charge in [0.1, 0.15) is 0 Å². The Morgan fingerprint density at radius 3 is 1.93 bits per heavy atom. The van der Waals surface area contributed by atoms with E-state index in [0.717, 1.165) is 5.56 Å². The SMILES string of the molecule is C#CS(=O)(=O)c1ccc(C(C)(C)C)cc1. The lowest BCUT2D eigenvalue weighted by Crippen LogP contribution is -2.11. The molecule has 1 aromatic rings. The number of benzene rings is 1. The van der Waals surface area contributed by atoms with Crippen LogP contribution in [0, 0.1) is 11.7 Å². The lowest BCUT2D eigenvalue weighted by molar-refractivity contribution is 0.588. The van der Waals surface area contributed by atoms with Crippen molar-refractivity contribution in [3.63, 3.8) is 0 Å². The van der Waals surface area contributed by atoms with Crippen molar-refractivity contribution in [3.05, 3.63) is 29.8 Å². The summed E-state index contributed by atoms with van der Waals surface area (Å²) in [5.74, 6) is 0. The van der Waals surface area contributed by atoms with Gasteiger partial charge in [-0.1, -0.05) is 32.9 Å². The Morgan fingerprint density at radius 2 is 1.60 bits per heavy atom. The quantitative estimate of drug-likeness (QED) is 0.540. The molecule has 0 aliphatic heterocycles. The van der Waals surface area contributed by atoms with E-state index in [1.54, 1.807) is 29.5 Å². The molecular formula is C12H14O2S. The maximum atomic E-state index is 11.3. The van der Waals surface area contributed by atoms with E-state index in [1.165, 1.54) is 0 Å². The highest BCUT2D eigenvalue weighted by Gasteiger charge is 2.15. The minimum absolute atomic E-state index is 0.0123. The van der Waals surface area contributed by atoms with Gasteiger partial charge in [0, 0.05) is 5.25 Å². The Bertz CT molecular complexity index is 482. The third-order valence-electron chi connectivity index (χ3n) is 2.19. The molecule has 0 aromatic heterocycles. The lowest BCUT2D eigenvalue weighted by atomic mass is 9.87. The number of sulfone groups is 1. The number of rotatable bonds is 1. The van der Waals surface area contributed by atoms with Crippen molar-refractivity contribution in [1.82, 2.24) is 0 Å². The zero-order valence-corrected chi connectivity index (χ0v) is 9.93. The van der Waals surface area contributed by atoms with Crippen molar-refractivity contribution >= 4 is 9.84 Å². The zero-order chi connectivity index (χ0) is 11.7. The molecule has 15 heavy (non-hydrogen) atoms. The molecule has 0 amide bonds. The summed E-state index contributed by atoms with van der Waals surface area (Å²) < 4.78 is 22.7. The number of hydrogen-bond donors (Lipinski definition) is 0. The van der Waals surface area contributed by atoms with Crippen molar-refractivity contribution in [3.8, 4) is 11.7 Å². The second-order valence-electron chi connectivity index (χ2n) is 4.40. The standard InChI is InChI=1S/C12H14O2S/c1-5-15(13,14)11-8-6-10(7-9-11)12(2,3)4/h1,6-9H,2-4H3. The summed E-state index contributed by atoms with van der Waals surface area (Å²) in [6, 6.07) is 6.69. The fraction of sp³-hybridized carbons (Fsp3) is 0.333. The molecule has 0 saturated heterocycles. The summed E-state index contributed by atoms with van der Waals surface area (Å²) in [4.78, 5) is 0.179. The molecule has 0 atom stereocenters. The third-order valence-corrected chi connectivity index (χ3v) is 3.39. The van der Waals surface area contributed by atoms with Gasteiger partial charge in [-0.2, -0.15) is 0 Å². The molecule has 80 valence electrons. The van der Waals surface area contributed by atoms with Crippen molar-refractivity contribution in [2.24, 2.45) is 0 Å². The van der Waals surface area contributed by atoms with E-state index in [0.29, 0.717) is 0 Å². The summed E-state index contributed by atoms with van der Waals surface area (Å²) in [6.45, 7) is 6.20. The van der Waals surface area contributed by atoms with Gasteiger partial charge in [-0.3, -0.25) is 0 Å². The van der Waals surface area contributed by atoms with Crippen LogP contribution in [0.15, 0.2) is 29.2 Å². The Balaban J connectivity index is 3.19. The van der Waals surface area contributed by atoms with Crippen LogP contribution in [-0.2, 0) is 15.3 Å². The molecular weight excluding hydrogens is 208 g/mol. The first-order valence-electron chi connectivity index (χ1n) is 4.60. The summed E-state index contributed by atoms with van der Waals surface area (Å²) >= 11 is 0. The summed E-state index contributed by atoms with van der Waals surface area (Å²) in [7, 11) is -3.53. The van der Waals surface area contributed by atoms with Gasteiger partial charge in [-0.25, -0.2) is 8.42 Å². The lowest BCUT2D eigenvalue weighted by Gasteiger charge is -2.18. The summed E-state index contributed by atoms with van der Waals surface area (Å²) in [5, 5.41) is 1.79. The molecule has 0 aliphatic rings. The van der Waals surface area contributed by atoms with E-state index in [-0.39, 0.29) is 10.3 Å². The highest BCUT2D eigenvalue weighted by Crippen LogP contribution is 2.23. The van der Waals surface area contributed by atoms with Gasteiger partial charge in [-0.15, -0.1) is 6.42 Å².